The lowest BCUT2D eigenvalue weighted by molar-refractivity contribution is 0.502. The predicted molar refractivity (Wildman–Crippen MR) is 68.6 cm³/mol. The van der Waals surface area contributed by atoms with E-state index in [9.17, 15) is 0 Å². The molecular weight excluding hydrogens is 210 g/mol. The lowest BCUT2D eigenvalue weighted by atomic mass is 10.0. The Kier molecular flexibility index (Phi) is 3.98. The van der Waals surface area contributed by atoms with Crippen LogP contribution in [0.15, 0.2) is 18.3 Å². The van der Waals surface area contributed by atoms with Crippen molar-refractivity contribution in [1.29, 1.82) is 5.26 Å². The van der Waals surface area contributed by atoms with E-state index in [0.717, 1.165) is 11.6 Å². The molecule has 1 aliphatic rings. The topological polar surface area (TPSA) is 48.7 Å². The van der Waals surface area contributed by atoms with Crippen molar-refractivity contribution in [3.8, 4) is 6.07 Å². The standard InChI is InChI=1S/C14H19N3/c1-11-4-2-5-12(8-7-11)17-13-6-3-9-16-14(13)10-15/h3,6,9,11-12,17H,2,4-5,7-8H2,1H3. The number of anilines is 1. The van der Waals surface area contributed by atoms with Crippen LogP contribution in [-0.2, 0) is 0 Å². The van der Waals surface area contributed by atoms with E-state index in [0.29, 0.717) is 11.7 Å². The fourth-order valence-electron chi connectivity index (χ4n) is 2.46. The van der Waals surface area contributed by atoms with Gasteiger partial charge in [-0.25, -0.2) is 4.98 Å². The molecule has 2 unspecified atom stereocenters. The molecule has 0 spiro atoms. The van der Waals surface area contributed by atoms with Crippen molar-refractivity contribution >= 4 is 5.69 Å². The molecule has 3 nitrogen and oxygen atoms in total. The van der Waals surface area contributed by atoms with E-state index in [2.05, 4.69) is 23.3 Å². The van der Waals surface area contributed by atoms with Crippen LogP contribution in [0.1, 0.15) is 44.7 Å². The third-order valence-corrected chi connectivity index (χ3v) is 3.53. The zero-order chi connectivity index (χ0) is 12.1. The molecule has 1 aromatic rings. The number of nitrogens with zero attached hydrogens (tertiary/aromatic N) is 2. The number of hydrogen-bond donors (Lipinski definition) is 1. The van der Waals surface area contributed by atoms with Gasteiger partial charge in [0.05, 0.1) is 5.69 Å². The highest BCUT2D eigenvalue weighted by molar-refractivity contribution is 5.53. The van der Waals surface area contributed by atoms with E-state index >= 15 is 0 Å². The fourth-order valence-corrected chi connectivity index (χ4v) is 2.46. The van der Waals surface area contributed by atoms with Crippen LogP contribution in [-0.4, -0.2) is 11.0 Å². The van der Waals surface area contributed by atoms with Crippen molar-refractivity contribution in [3.63, 3.8) is 0 Å². The van der Waals surface area contributed by atoms with Gasteiger partial charge in [0.1, 0.15) is 6.07 Å². The van der Waals surface area contributed by atoms with Crippen molar-refractivity contribution in [3.05, 3.63) is 24.0 Å². The fraction of sp³-hybridized carbons (Fsp3) is 0.571. The van der Waals surface area contributed by atoms with Gasteiger partial charge in [0.25, 0.3) is 0 Å². The molecule has 2 atom stereocenters. The first-order valence-electron chi connectivity index (χ1n) is 6.41. The number of aromatic nitrogens is 1. The zero-order valence-electron chi connectivity index (χ0n) is 10.3. The molecule has 2 rings (SSSR count). The van der Waals surface area contributed by atoms with Crippen LogP contribution in [0.25, 0.3) is 0 Å². The Morgan fingerprint density at radius 2 is 2.24 bits per heavy atom. The Morgan fingerprint density at radius 1 is 1.35 bits per heavy atom. The summed E-state index contributed by atoms with van der Waals surface area (Å²) in [5.41, 5.74) is 1.39. The van der Waals surface area contributed by atoms with E-state index in [4.69, 9.17) is 5.26 Å². The summed E-state index contributed by atoms with van der Waals surface area (Å²) in [6.45, 7) is 2.33. The Labute approximate surface area is 103 Å². The van der Waals surface area contributed by atoms with Crippen molar-refractivity contribution in [2.75, 3.05) is 5.32 Å². The molecule has 1 heterocycles. The second-order valence-corrected chi connectivity index (χ2v) is 4.97. The first-order valence-corrected chi connectivity index (χ1v) is 6.41. The molecule has 3 heteroatoms. The minimum Gasteiger partial charge on any atom is -0.380 e. The van der Waals surface area contributed by atoms with Crippen LogP contribution in [0.2, 0.25) is 0 Å². The maximum Gasteiger partial charge on any atom is 0.163 e. The quantitative estimate of drug-likeness (QED) is 0.791. The largest absolute Gasteiger partial charge is 0.380 e. The summed E-state index contributed by atoms with van der Waals surface area (Å²) in [4.78, 5) is 4.08. The highest BCUT2D eigenvalue weighted by Gasteiger charge is 2.16. The molecule has 0 aliphatic heterocycles. The van der Waals surface area contributed by atoms with Gasteiger partial charge in [-0.1, -0.05) is 19.8 Å². The lowest BCUT2D eigenvalue weighted by Crippen LogP contribution is -2.19. The summed E-state index contributed by atoms with van der Waals surface area (Å²) in [7, 11) is 0. The number of rotatable bonds is 2. The van der Waals surface area contributed by atoms with Gasteiger partial charge in [0.15, 0.2) is 5.69 Å². The van der Waals surface area contributed by atoms with E-state index in [1.54, 1.807) is 6.20 Å². The minimum absolute atomic E-state index is 0.497. The monoisotopic (exact) mass is 229 g/mol. The van der Waals surface area contributed by atoms with E-state index < -0.39 is 0 Å². The average Bonchev–Trinajstić information content (AvgIpc) is 2.55. The van der Waals surface area contributed by atoms with E-state index in [-0.39, 0.29) is 0 Å². The van der Waals surface area contributed by atoms with Gasteiger partial charge in [0.2, 0.25) is 0 Å². The molecule has 0 aromatic carbocycles. The molecule has 1 fully saturated rings. The summed E-state index contributed by atoms with van der Waals surface area (Å²) in [5.74, 6) is 0.839. The van der Waals surface area contributed by atoms with E-state index in [1.165, 1.54) is 32.1 Å². The molecule has 90 valence electrons. The third kappa shape index (κ3) is 3.20. The van der Waals surface area contributed by atoms with Crippen LogP contribution in [0, 0.1) is 17.2 Å². The Morgan fingerprint density at radius 3 is 3.06 bits per heavy atom. The molecule has 1 N–H and O–H groups in total. The van der Waals surface area contributed by atoms with Crippen LogP contribution in [0.4, 0.5) is 5.69 Å². The molecule has 0 bridgehead atoms. The number of hydrogen-bond acceptors (Lipinski definition) is 3. The van der Waals surface area contributed by atoms with Crippen molar-refractivity contribution < 1.29 is 0 Å². The van der Waals surface area contributed by atoms with Crippen LogP contribution < -0.4 is 5.32 Å². The normalized spacial score (nSPS) is 24.7. The zero-order valence-corrected chi connectivity index (χ0v) is 10.3. The highest BCUT2D eigenvalue weighted by Crippen LogP contribution is 2.25. The van der Waals surface area contributed by atoms with Crippen molar-refractivity contribution in [1.82, 2.24) is 4.98 Å². The number of nitriles is 1. The lowest BCUT2D eigenvalue weighted by Gasteiger charge is -2.18. The SMILES string of the molecule is CC1CCCC(Nc2cccnc2C#N)CC1. The van der Waals surface area contributed by atoms with Crippen LogP contribution in [0.5, 0.6) is 0 Å². The molecule has 17 heavy (non-hydrogen) atoms. The predicted octanol–water partition coefficient (Wildman–Crippen LogP) is 3.33. The van der Waals surface area contributed by atoms with Gasteiger partial charge in [0, 0.05) is 12.2 Å². The van der Waals surface area contributed by atoms with Gasteiger partial charge in [-0.3, -0.25) is 0 Å². The summed E-state index contributed by atoms with van der Waals surface area (Å²) in [6, 6.07) is 6.45. The average molecular weight is 229 g/mol. The van der Waals surface area contributed by atoms with Crippen LogP contribution in [0.3, 0.4) is 0 Å². The minimum atomic E-state index is 0.497. The molecule has 0 amide bonds. The summed E-state index contributed by atoms with van der Waals surface area (Å²) < 4.78 is 0. The summed E-state index contributed by atoms with van der Waals surface area (Å²) in [6.07, 6.45) is 7.95. The van der Waals surface area contributed by atoms with Crippen molar-refractivity contribution in [2.24, 2.45) is 5.92 Å². The molecular formula is C14H19N3. The second kappa shape index (κ2) is 5.67. The summed E-state index contributed by atoms with van der Waals surface area (Å²) >= 11 is 0. The van der Waals surface area contributed by atoms with Gasteiger partial charge in [-0.2, -0.15) is 5.26 Å². The van der Waals surface area contributed by atoms with Gasteiger partial charge < -0.3 is 5.32 Å². The third-order valence-electron chi connectivity index (χ3n) is 3.53. The Balaban J connectivity index is 2.03. The molecule has 1 saturated carbocycles. The van der Waals surface area contributed by atoms with Gasteiger partial charge >= 0.3 is 0 Å². The smallest absolute Gasteiger partial charge is 0.163 e. The second-order valence-electron chi connectivity index (χ2n) is 4.97. The Hall–Kier alpha value is -1.56. The van der Waals surface area contributed by atoms with Gasteiger partial charge in [-0.15, -0.1) is 0 Å². The molecule has 0 radical (unpaired) electrons. The molecule has 1 aromatic heterocycles. The van der Waals surface area contributed by atoms with Crippen LogP contribution >= 0.6 is 0 Å². The first kappa shape index (κ1) is 11.9. The van der Waals surface area contributed by atoms with Gasteiger partial charge in [-0.05, 0) is 37.3 Å². The maximum atomic E-state index is 8.99. The number of nitrogens with one attached hydrogen (secondary N) is 1. The molecule has 1 aliphatic carbocycles. The highest BCUT2D eigenvalue weighted by atomic mass is 14.9. The first-order chi connectivity index (χ1) is 8.29. The maximum absolute atomic E-state index is 8.99. The van der Waals surface area contributed by atoms with Crippen molar-refractivity contribution in [2.45, 2.75) is 45.1 Å². The summed E-state index contributed by atoms with van der Waals surface area (Å²) in [5, 5.41) is 12.5. The number of pyridine rings is 1. The van der Waals surface area contributed by atoms with E-state index in [1.807, 2.05) is 12.1 Å². The molecule has 0 saturated heterocycles. The Bertz CT molecular complexity index is 408.